The molecule has 0 saturated carbocycles. The number of ether oxygens (including phenoxy) is 2. The number of methoxy groups -OCH3 is 1. The lowest BCUT2D eigenvalue weighted by molar-refractivity contribution is -0.121. The predicted octanol–water partition coefficient (Wildman–Crippen LogP) is 6.49. The Balaban J connectivity index is 2.16. The SMILES string of the molecule is CCCCCCCCCCCCNC(=O)CCCOc1cc(N=O)c(C(C)=O)cc1OC. The van der Waals surface area contributed by atoms with Crippen LogP contribution in [-0.2, 0) is 4.79 Å². The van der Waals surface area contributed by atoms with E-state index in [1.807, 2.05) is 0 Å². The molecule has 0 aromatic heterocycles. The lowest BCUT2D eigenvalue weighted by atomic mass is 10.1. The Labute approximate surface area is 192 Å². The van der Waals surface area contributed by atoms with Crippen molar-refractivity contribution in [2.45, 2.75) is 90.9 Å². The summed E-state index contributed by atoms with van der Waals surface area (Å²) in [4.78, 5) is 34.6. The molecule has 0 aliphatic carbocycles. The number of nitrogens with one attached hydrogen (secondary N) is 1. The lowest BCUT2D eigenvalue weighted by Crippen LogP contribution is -2.24. The van der Waals surface area contributed by atoms with Gasteiger partial charge in [-0.2, -0.15) is 0 Å². The van der Waals surface area contributed by atoms with Gasteiger partial charge in [0.1, 0.15) is 5.69 Å². The zero-order valence-electron chi connectivity index (χ0n) is 20.0. The molecule has 1 amide bonds. The fourth-order valence-electron chi connectivity index (χ4n) is 3.52. The van der Waals surface area contributed by atoms with E-state index in [4.69, 9.17) is 9.47 Å². The molecular weight excluding hydrogens is 408 g/mol. The molecule has 0 saturated heterocycles. The fraction of sp³-hybridized carbons (Fsp3) is 0.680. The third-order valence-electron chi connectivity index (χ3n) is 5.42. The van der Waals surface area contributed by atoms with Crippen molar-refractivity contribution in [2.75, 3.05) is 20.3 Å². The molecule has 0 bridgehead atoms. The van der Waals surface area contributed by atoms with E-state index < -0.39 is 0 Å². The number of nitroso groups, excluding NO2 is 1. The number of ketones is 1. The minimum Gasteiger partial charge on any atom is -0.493 e. The molecule has 32 heavy (non-hydrogen) atoms. The number of benzene rings is 1. The first-order valence-corrected chi connectivity index (χ1v) is 12.0. The normalized spacial score (nSPS) is 10.6. The van der Waals surface area contributed by atoms with Gasteiger partial charge in [0.15, 0.2) is 17.3 Å². The molecule has 7 nitrogen and oxygen atoms in total. The number of hydrogen-bond acceptors (Lipinski definition) is 6. The van der Waals surface area contributed by atoms with E-state index in [0.717, 1.165) is 12.8 Å². The number of rotatable bonds is 19. The van der Waals surface area contributed by atoms with Crippen LogP contribution < -0.4 is 14.8 Å². The van der Waals surface area contributed by atoms with Crippen molar-refractivity contribution in [1.82, 2.24) is 5.32 Å². The van der Waals surface area contributed by atoms with Gasteiger partial charge in [0.2, 0.25) is 5.91 Å². The molecule has 0 aliphatic rings. The molecule has 1 aromatic carbocycles. The second-order valence-electron chi connectivity index (χ2n) is 8.15. The lowest BCUT2D eigenvalue weighted by Gasteiger charge is -2.12. The number of hydrogen-bond donors (Lipinski definition) is 1. The number of Topliss-reactive ketones (excluding diaryl/α,β-unsaturated/α-hetero) is 1. The molecule has 0 heterocycles. The van der Waals surface area contributed by atoms with Crippen LogP contribution in [0.3, 0.4) is 0 Å². The molecule has 0 fully saturated rings. The largest absolute Gasteiger partial charge is 0.493 e. The van der Waals surface area contributed by atoms with Crippen molar-refractivity contribution >= 4 is 17.4 Å². The first kappa shape index (κ1) is 27.6. The maximum absolute atomic E-state index is 12.0. The highest BCUT2D eigenvalue weighted by Gasteiger charge is 2.15. The average Bonchev–Trinajstić information content (AvgIpc) is 2.79. The monoisotopic (exact) mass is 448 g/mol. The van der Waals surface area contributed by atoms with Crippen LogP contribution >= 0.6 is 0 Å². The first-order valence-electron chi connectivity index (χ1n) is 12.0. The Morgan fingerprint density at radius 3 is 2.09 bits per heavy atom. The predicted molar refractivity (Wildman–Crippen MR) is 128 cm³/mol. The average molecular weight is 449 g/mol. The van der Waals surface area contributed by atoms with Crippen LogP contribution in [0.15, 0.2) is 17.3 Å². The van der Waals surface area contributed by atoms with E-state index in [1.54, 1.807) is 0 Å². The minimum atomic E-state index is -0.275. The Hall–Kier alpha value is -2.44. The van der Waals surface area contributed by atoms with Gasteiger partial charge >= 0.3 is 0 Å². The second kappa shape index (κ2) is 17.2. The van der Waals surface area contributed by atoms with Crippen molar-refractivity contribution in [3.05, 3.63) is 22.6 Å². The summed E-state index contributed by atoms with van der Waals surface area (Å²) >= 11 is 0. The van der Waals surface area contributed by atoms with Gasteiger partial charge in [0.25, 0.3) is 0 Å². The molecule has 180 valence electrons. The third-order valence-corrected chi connectivity index (χ3v) is 5.42. The highest BCUT2D eigenvalue weighted by atomic mass is 16.5. The summed E-state index contributed by atoms with van der Waals surface area (Å²) in [5.41, 5.74) is 0.207. The molecule has 0 atom stereocenters. The molecule has 1 N–H and O–H groups in total. The smallest absolute Gasteiger partial charge is 0.220 e. The molecule has 1 rings (SSSR count). The van der Waals surface area contributed by atoms with Gasteiger partial charge in [-0.25, -0.2) is 0 Å². The second-order valence-corrected chi connectivity index (χ2v) is 8.15. The molecule has 1 aromatic rings. The Kier molecular flexibility index (Phi) is 14.8. The number of carbonyl (C=O) groups excluding carboxylic acids is 2. The van der Waals surface area contributed by atoms with E-state index in [9.17, 15) is 14.5 Å². The summed E-state index contributed by atoms with van der Waals surface area (Å²) in [6.07, 6.45) is 13.6. The van der Waals surface area contributed by atoms with E-state index in [1.165, 1.54) is 77.5 Å². The maximum Gasteiger partial charge on any atom is 0.220 e. The van der Waals surface area contributed by atoms with Gasteiger partial charge in [-0.15, -0.1) is 4.91 Å². The van der Waals surface area contributed by atoms with Crippen LogP contribution in [0.25, 0.3) is 0 Å². The van der Waals surface area contributed by atoms with Gasteiger partial charge in [-0.3, -0.25) is 9.59 Å². The van der Waals surface area contributed by atoms with Crippen LogP contribution in [0, 0.1) is 4.91 Å². The first-order chi connectivity index (χ1) is 15.5. The Morgan fingerprint density at radius 2 is 1.53 bits per heavy atom. The summed E-state index contributed by atoms with van der Waals surface area (Å²) in [5, 5.41) is 5.85. The van der Waals surface area contributed by atoms with Crippen LogP contribution in [0.4, 0.5) is 5.69 Å². The van der Waals surface area contributed by atoms with Gasteiger partial charge in [0, 0.05) is 19.0 Å². The molecule has 7 heteroatoms. The fourth-order valence-corrected chi connectivity index (χ4v) is 3.52. The van der Waals surface area contributed by atoms with E-state index in [0.29, 0.717) is 37.5 Å². The summed E-state index contributed by atoms with van der Waals surface area (Å²) in [6, 6.07) is 2.85. The molecule has 0 radical (unpaired) electrons. The van der Waals surface area contributed by atoms with Crippen LogP contribution in [0.2, 0.25) is 0 Å². The summed E-state index contributed by atoms with van der Waals surface area (Å²) in [5.74, 6) is 0.424. The van der Waals surface area contributed by atoms with Gasteiger partial charge in [-0.1, -0.05) is 64.7 Å². The number of nitrogens with zero attached hydrogens (tertiary/aromatic N) is 1. The summed E-state index contributed by atoms with van der Waals surface area (Å²) in [6.45, 7) is 4.60. The summed E-state index contributed by atoms with van der Waals surface area (Å²) < 4.78 is 10.9. The molecule has 0 unspecified atom stereocenters. The zero-order chi connectivity index (χ0) is 23.6. The van der Waals surface area contributed by atoms with E-state index >= 15 is 0 Å². The highest BCUT2D eigenvalue weighted by molar-refractivity contribution is 5.99. The third kappa shape index (κ3) is 11.3. The Bertz CT molecular complexity index is 706. The molecular formula is C25H40N2O5. The molecule has 0 spiro atoms. The van der Waals surface area contributed by atoms with Crippen LogP contribution in [0.1, 0.15) is 101 Å². The van der Waals surface area contributed by atoms with Gasteiger partial charge in [-0.05, 0) is 31.0 Å². The van der Waals surface area contributed by atoms with Crippen LogP contribution in [0.5, 0.6) is 11.5 Å². The number of unbranched alkanes of at least 4 members (excludes halogenated alkanes) is 9. The maximum atomic E-state index is 12.0. The van der Waals surface area contributed by atoms with E-state index in [2.05, 4.69) is 17.4 Å². The van der Waals surface area contributed by atoms with Crippen molar-refractivity contribution < 1.29 is 19.1 Å². The Morgan fingerprint density at radius 1 is 0.906 bits per heavy atom. The van der Waals surface area contributed by atoms with Gasteiger partial charge in [0.05, 0.1) is 19.3 Å². The van der Waals surface area contributed by atoms with Crippen molar-refractivity contribution in [2.24, 2.45) is 5.18 Å². The quantitative estimate of drug-likeness (QED) is 0.148. The standard InChI is InChI=1S/C25H40N2O5/c1-4-5-6-7-8-9-10-11-12-13-16-26-25(29)15-14-17-32-24-19-22(27-30)21(20(2)28)18-23(24)31-3/h18-19H,4-17H2,1-3H3,(H,26,29). The number of carbonyl (C=O) groups is 2. The number of amides is 1. The van der Waals surface area contributed by atoms with Crippen molar-refractivity contribution in [3.8, 4) is 11.5 Å². The summed E-state index contributed by atoms with van der Waals surface area (Å²) in [7, 11) is 1.46. The minimum absolute atomic E-state index is 0.0127. The van der Waals surface area contributed by atoms with Gasteiger partial charge < -0.3 is 14.8 Å². The van der Waals surface area contributed by atoms with E-state index in [-0.39, 0.29) is 22.9 Å². The van der Waals surface area contributed by atoms with Crippen molar-refractivity contribution in [1.29, 1.82) is 0 Å². The van der Waals surface area contributed by atoms with Crippen LogP contribution in [-0.4, -0.2) is 32.0 Å². The zero-order valence-corrected chi connectivity index (χ0v) is 20.0. The topological polar surface area (TPSA) is 94.1 Å². The van der Waals surface area contributed by atoms with Crippen molar-refractivity contribution in [3.63, 3.8) is 0 Å². The highest BCUT2D eigenvalue weighted by Crippen LogP contribution is 2.35. The molecule has 0 aliphatic heterocycles.